The number of nitrogens with zero attached hydrogens (tertiary/aromatic N) is 1. The molecular weight excluding hydrogens is 370 g/mol. The van der Waals surface area contributed by atoms with Crippen LogP contribution in [0.15, 0.2) is 18.2 Å². The zero-order chi connectivity index (χ0) is 20.3. The molecule has 1 saturated heterocycles. The lowest BCUT2D eigenvalue weighted by Gasteiger charge is -2.39. The summed E-state index contributed by atoms with van der Waals surface area (Å²) in [6.45, 7) is 0. The molecule has 1 heterocycles. The molecule has 0 saturated carbocycles. The Morgan fingerprint density at radius 3 is 2.26 bits per heavy atom. The zero-order valence-electron chi connectivity index (χ0n) is 14.4. The van der Waals surface area contributed by atoms with Crippen LogP contribution in [0.25, 0.3) is 0 Å². The molecule has 12 nitrogen and oxygen atoms in total. The van der Waals surface area contributed by atoms with Gasteiger partial charge in [-0.25, -0.2) is 0 Å². The van der Waals surface area contributed by atoms with Crippen LogP contribution >= 0.6 is 0 Å². The van der Waals surface area contributed by atoms with E-state index in [1.54, 1.807) is 0 Å². The maximum atomic E-state index is 11.4. The molecule has 152 valence electrons. The Bertz CT molecular complexity index is 657. The van der Waals surface area contributed by atoms with E-state index in [2.05, 4.69) is 0 Å². The van der Waals surface area contributed by atoms with Crippen molar-refractivity contribution < 1.29 is 49.4 Å². The Morgan fingerprint density at radius 2 is 1.70 bits per heavy atom. The lowest BCUT2D eigenvalue weighted by atomic mass is 9.98. The molecule has 1 fully saturated rings. The number of ether oxygens (including phenoxy) is 4. The predicted octanol–water partition coefficient (Wildman–Crippen LogP) is -1.89. The lowest BCUT2D eigenvalue weighted by Crippen LogP contribution is -2.61. The number of aliphatic hydroxyl groups excluding tert-OH is 5. The van der Waals surface area contributed by atoms with Gasteiger partial charge in [0.05, 0.1) is 24.7 Å². The van der Waals surface area contributed by atoms with E-state index in [1.807, 2.05) is 0 Å². The third kappa shape index (κ3) is 4.44. The monoisotopic (exact) mass is 391 g/mol. The first-order valence-corrected chi connectivity index (χ1v) is 7.78. The number of hydrogen-bond donors (Lipinski definition) is 5. The minimum atomic E-state index is -2.11. The summed E-state index contributed by atoms with van der Waals surface area (Å²) < 4.78 is 19.9. The molecule has 5 N–H and O–H groups in total. The number of methoxy groups -OCH3 is 2. The first-order valence-electron chi connectivity index (χ1n) is 7.78. The number of aliphatic hydroxyl groups is 5. The zero-order valence-corrected chi connectivity index (χ0v) is 14.4. The summed E-state index contributed by atoms with van der Waals surface area (Å²) >= 11 is 0. The molecule has 0 radical (unpaired) electrons. The average Bonchev–Trinajstić information content (AvgIpc) is 2.66. The maximum Gasteiger partial charge on any atom is 0.344 e. The highest BCUT2D eigenvalue weighted by Gasteiger charge is 2.47. The Kier molecular flexibility index (Phi) is 6.89. The van der Waals surface area contributed by atoms with Crippen LogP contribution in [-0.4, -0.2) is 81.7 Å². The van der Waals surface area contributed by atoms with Gasteiger partial charge in [0.15, 0.2) is 24.1 Å². The van der Waals surface area contributed by atoms with E-state index in [-0.39, 0.29) is 11.3 Å². The van der Waals surface area contributed by atoms with Gasteiger partial charge in [-0.15, -0.1) is 0 Å². The van der Waals surface area contributed by atoms with Crippen molar-refractivity contribution in [2.75, 3.05) is 14.2 Å². The summed E-state index contributed by atoms with van der Waals surface area (Å²) in [7, 11) is 2.72. The van der Waals surface area contributed by atoms with Crippen molar-refractivity contribution in [2.45, 2.75) is 43.2 Å². The number of benzene rings is 1. The third-order valence-corrected chi connectivity index (χ3v) is 4.06. The van der Waals surface area contributed by atoms with Crippen LogP contribution < -0.4 is 9.47 Å². The highest BCUT2D eigenvalue weighted by atomic mass is 16.7. The molecule has 0 aliphatic carbocycles. The fraction of sp³-hybridized carbons (Fsp3) is 0.600. The van der Waals surface area contributed by atoms with Gasteiger partial charge in [-0.3, -0.25) is 14.9 Å². The maximum absolute atomic E-state index is 11.4. The first-order chi connectivity index (χ1) is 12.7. The molecule has 7 atom stereocenters. The molecule has 27 heavy (non-hydrogen) atoms. The highest BCUT2D eigenvalue weighted by molar-refractivity contribution is 5.43. The fourth-order valence-electron chi connectivity index (χ4n) is 2.59. The van der Waals surface area contributed by atoms with Crippen molar-refractivity contribution in [3.05, 3.63) is 33.9 Å². The average molecular weight is 391 g/mol. The van der Waals surface area contributed by atoms with Crippen LogP contribution in [0.2, 0.25) is 0 Å². The molecular formula is C15H21NO11. The first kappa shape index (κ1) is 21.2. The smallest absolute Gasteiger partial charge is 0.344 e. The summed E-state index contributed by atoms with van der Waals surface area (Å²) in [6, 6.07) is 3.98. The second kappa shape index (κ2) is 8.75. The van der Waals surface area contributed by atoms with Crippen LogP contribution in [0.1, 0.15) is 11.8 Å². The fourth-order valence-corrected chi connectivity index (χ4v) is 2.59. The van der Waals surface area contributed by atoms with Gasteiger partial charge in [0.2, 0.25) is 0 Å². The van der Waals surface area contributed by atoms with Gasteiger partial charge in [0, 0.05) is 0 Å². The molecule has 0 aromatic heterocycles. The second-order valence-corrected chi connectivity index (χ2v) is 5.74. The van der Waals surface area contributed by atoms with E-state index in [9.17, 15) is 35.6 Å². The predicted molar refractivity (Wildman–Crippen MR) is 85.3 cm³/mol. The van der Waals surface area contributed by atoms with E-state index in [4.69, 9.17) is 18.9 Å². The van der Waals surface area contributed by atoms with Gasteiger partial charge in [0.1, 0.15) is 24.4 Å². The SMILES string of the molecule is COc1ccc(C(OC(O)[C@H]2O[C@H](O)[C@@H](O)[C@@H](O)[C@@H]2O)[N+](=O)[O-])cc1OC. The lowest BCUT2D eigenvalue weighted by molar-refractivity contribution is -0.596. The van der Waals surface area contributed by atoms with E-state index in [0.717, 1.165) is 0 Å². The Labute approximate surface area is 153 Å². The molecule has 1 aromatic rings. The molecule has 12 heteroatoms. The van der Waals surface area contributed by atoms with Gasteiger partial charge >= 0.3 is 6.23 Å². The molecule has 1 aliphatic heterocycles. The van der Waals surface area contributed by atoms with Crippen molar-refractivity contribution in [3.63, 3.8) is 0 Å². The normalized spacial score (nSPS) is 30.4. The van der Waals surface area contributed by atoms with E-state index < -0.39 is 48.1 Å². The largest absolute Gasteiger partial charge is 0.493 e. The van der Waals surface area contributed by atoms with Crippen LogP contribution in [0.5, 0.6) is 11.5 Å². The van der Waals surface area contributed by atoms with Crippen LogP contribution in [0, 0.1) is 10.1 Å². The highest BCUT2D eigenvalue weighted by Crippen LogP contribution is 2.32. The molecule has 0 spiro atoms. The van der Waals surface area contributed by atoms with Crippen LogP contribution in [0.4, 0.5) is 0 Å². The Morgan fingerprint density at radius 1 is 1.07 bits per heavy atom. The summed E-state index contributed by atoms with van der Waals surface area (Å²) in [6.07, 6.45) is -13.2. The molecule has 1 aliphatic rings. The van der Waals surface area contributed by atoms with Gasteiger partial charge in [-0.2, -0.15) is 0 Å². The van der Waals surface area contributed by atoms with E-state index in [0.29, 0.717) is 5.75 Å². The third-order valence-electron chi connectivity index (χ3n) is 4.06. The van der Waals surface area contributed by atoms with Crippen LogP contribution in [-0.2, 0) is 9.47 Å². The van der Waals surface area contributed by atoms with Crippen molar-refractivity contribution in [1.82, 2.24) is 0 Å². The van der Waals surface area contributed by atoms with E-state index >= 15 is 0 Å². The molecule has 0 amide bonds. The number of rotatable bonds is 7. The minimum absolute atomic E-state index is 0.0110. The van der Waals surface area contributed by atoms with Crippen molar-refractivity contribution in [2.24, 2.45) is 0 Å². The molecule has 1 aromatic carbocycles. The standard InChI is InChI=1S/C15H21NO11/c1-24-7-4-3-6(5-8(7)25-2)13(16(22)23)27-15(21)12-10(18)9(17)11(19)14(20)26-12/h3-5,9-15,17-21H,1-2H3/t9-,10-,11-,12-,13?,14-,15?/m0/s1. The van der Waals surface area contributed by atoms with Gasteiger partial charge < -0.3 is 39.7 Å². The number of hydrogen-bond acceptors (Lipinski definition) is 11. The Hall–Kier alpha value is -2.06. The van der Waals surface area contributed by atoms with Gasteiger partial charge in [0.25, 0.3) is 0 Å². The second-order valence-electron chi connectivity index (χ2n) is 5.74. The Balaban J connectivity index is 2.22. The van der Waals surface area contributed by atoms with Crippen LogP contribution in [0.3, 0.4) is 0 Å². The van der Waals surface area contributed by atoms with Gasteiger partial charge in [-0.1, -0.05) is 0 Å². The van der Waals surface area contributed by atoms with Gasteiger partial charge in [-0.05, 0) is 18.2 Å². The molecule has 2 unspecified atom stereocenters. The molecule has 0 bridgehead atoms. The number of nitro groups is 1. The summed E-state index contributed by atoms with van der Waals surface area (Å²) in [5.74, 6) is 0.498. The topological polar surface area (TPSA) is 181 Å². The van der Waals surface area contributed by atoms with Crippen molar-refractivity contribution >= 4 is 0 Å². The van der Waals surface area contributed by atoms with E-state index in [1.165, 1.54) is 32.4 Å². The molecule has 2 rings (SSSR count). The summed E-state index contributed by atoms with van der Waals surface area (Å²) in [4.78, 5) is 10.5. The van der Waals surface area contributed by atoms with Crippen molar-refractivity contribution in [1.29, 1.82) is 0 Å². The summed E-state index contributed by atoms with van der Waals surface area (Å²) in [5.41, 5.74) is -0.0110. The quantitative estimate of drug-likeness (QED) is 0.199. The minimum Gasteiger partial charge on any atom is -0.493 e. The van der Waals surface area contributed by atoms with Crippen molar-refractivity contribution in [3.8, 4) is 11.5 Å². The summed E-state index contributed by atoms with van der Waals surface area (Å²) in [5, 5.41) is 59.9.